The van der Waals surface area contributed by atoms with Crippen molar-refractivity contribution in [2.75, 3.05) is 6.61 Å². The fourth-order valence-electron chi connectivity index (χ4n) is 2.33. The summed E-state index contributed by atoms with van der Waals surface area (Å²) in [5, 5.41) is 1.92. The van der Waals surface area contributed by atoms with Gasteiger partial charge in [-0.1, -0.05) is 0 Å². The lowest BCUT2D eigenvalue weighted by Gasteiger charge is -2.23. The number of thioether (sulfide) groups is 1. The Morgan fingerprint density at radius 2 is 1.80 bits per heavy atom. The average Bonchev–Trinajstić information content (AvgIpc) is 2.56. The minimum atomic E-state index is 0.414. The van der Waals surface area contributed by atoms with Gasteiger partial charge in [0.05, 0.1) is 12.2 Å². The van der Waals surface area contributed by atoms with E-state index in [4.69, 9.17) is 4.74 Å². The van der Waals surface area contributed by atoms with Crippen molar-refractivity contribution in [3.63, 3.8) is 0 Å². The van der Waals surface area contributed by atoms with Crippen LogP contribution in [0.5, 0.6) is 0 Å². The zero-order valence-corrected chi connectivity index (χ0v) is 6.82. The molecular formula is C8H12OS. The summed E-state index contributed by atoms with van der Waals surface area (Å²) in [5.41, 5.74) is 0.414. The quantitative estimate of drug-likeness (QED) is 0.496. The van der Waals surface area contributed by atoms with Gasteiger partial charge in [0.1, 0.15) is 0 Å². The van der Waals surface area contributed by atoms with Gasteiger partial charge in [-0.3, -0.25) is 0 Å². The van der Waals surface area contributed by atoms with Crippen molar-refractivity contribution in [1.29, 1.82) is 0 Å². The summed E-state index contributed by atoms with van der Waals surface area (Å²) in [7, 11) is 0. The summed E-state index contributed by atoms with van der Waals surface area (Å²) in [6, 6.07) is 0. The highest BCUT2D eigenvalue weighted by Crippen LogP contribution is 2.53. The van der Waals surface area contributed by atoms with E-state index in [9.17, 15) is 0 Å². The highest BCUT2D eigenvalue weighted by atomic mass is 32.2. The molecule has 10 heavy (non-hydrogen) atoms. The van der Waals surface area contributed by atoms with Crippen molar-refractivity contribution < 1.29 is 4.74 Å². The van der Waals surface area contributed by atoms with Crippen LogP contribution in [-0.4, -0.2) is 22.7 Å². The van der Waals surface area contributed by atoms with Gasteiger partial charge in [0, 0.05) is 10.5 Å². The highest BCUT2D eigenvalue weighted by Gasteiger charge is 2.53. The molecule has 0 radical (unpaired) electrons. The fraction of sp³-hybridized carbons (Fsp3) is 1.00. The first-order chi connectivity index (χ1) is 4.86. The molecule has 2 unspecified atom stereocenters. The molecule has 1 nitrogen and oxygen atoms in total. The number of fused-ring (bicyclic) bond motifs is 2. The molecule has 2 heteroatoms. The molecule has 0 N–H and O–H groups in total. The molecule has 0 amide bonds. The van der Waals surface area contributed by atoms with E-state index in [1.807, 2.05) is 0 Å². The van der Waals surface area contributed by atoms with Gasteiger partial charge in [0.2, 0.25) is 0 Å². The Morgan fingerprint density at radius 1 is 1.20 bits per heavy atom. The van der Waals surface area contributed by atoms with Crippen LogP contribution in [0.25, 0.3) is 0 Å². The Hall–Kier alpha value is 0.310. The van der Waals surface area contributed by atoms with Crippen LogP contribution in [-0.2, 0) is 4.74 Å². The molecule has 3 rings (SSSR count). The second-order valence-corrected chi connectivity index (χ2v) is 5.44. The number of epoxide rings is 1. The van der Waals surface area contributed by atoms with Gasteiger partial charge in [-0.2, -0.15) is 11.8 Å². The summed E-state index contributed by atoms with van der Waals surface area (Å²) in [6.45, 7) is 1.07. The maximum atomic E-state index is 5.50. The van der Waals surface area contributed by atoms with Crippen molar-refractivity contribution in [2.45, 2.75) is 41.8 Å². The summed E-state index contributed by atoms with van der Waals surface area (Å²) in [4.78, 5) is 0. The van der Waals surface area contributed by atoms with E-state index in [1.54, 1.807) is 0 Å². The number of hydrogen-bond acceptors (Lipinski definition) is 2. The molecule has 3 fully saturated rings. The Bertz CT molecular complexity index is 151. The highest BCUT2D eigenvalue weighted by molar-refractivity contribution is 8.00. The molecule has 0 saturated carbocycles. The second kappa shape index (κ2) is 1.72. The average molecular weight is 156 g/mol. The number of hydrogen-bond donors (Lipinski definition) is 0. The minimum Gasteiger partial charge on any atom is -0.370 e. The SMILES string of the molecule is C1CC2CC3(CO3)CC1S2. The van der Waals surface area contributed by atoms with Crippen LogP contribution in [0, 0.1) is 0 Å². The van der Waals surface area contributed by atoms with Crippen LogP contribution in [0.15, 0.2) is 0 Å². The van der Waals surface area contributed by atoms with E-state index < -0.39 is 0 Å². The standard InChI is InChI=1S/C8H12OS/c1-2-7-4-8(5-9-8)3-6(1)10-7/h6-7H,1-5H2. The smallest absolute Gasteiger partial charge is 0.0937 e. The second-order valence-electron chi connectivity index (χ2n) is 3.84. The largest absolute Gasteiger partial charge is 0.370 e. The zero-order chi connectivity index (χ0) is 6.60. The van der Waals surface area contributed by atoms with E-state index >= 15 is 0 Å². The third-order valence-electron chi connectivity index (χ3n) is 2.95. The van der Waals surface area contributed by atoms with Gasteiger partial charge in [-0.05, 0) is 25.7 Å². The van der Waals surface area contributed by atoms with Crippen LogP contribution in [0.2, 0.25) is 0 Å². The molecule has 0 aromatic rings. The van der Waals surface area contributed by atoms with E-state index in [0.29, 0.717) is 5.60 Å². The van der Waals surface area contributed by atoms with Crippen LogP contribution in [0.3, 0.4) is 0 Å². The summed E-state index contributed by atoms with van der Waals surface area (Å²) < 4.78 is 5.50. The lowest BCUT2D eigenvalue weighted by Crippen LogP contribution is -2.24. The van der Waals surface area contributed by atoms with Crippen molar-refractivity contribution in [2.24, 2.45) is 0 Å². The zero-order valence-electron chi connectivity index (χ0n) is 6.01. The molecule has 3 heterocycles. The van der Waals surface area contributed by atoms with E-state index in [-0.39, 0.29) is 0 Å². The molecule has 3 aliphatic heterocycles. The van der Waals surface area contributed by atoms with Crippen LogP contribution < -0.4 is 0 Å². The van der Waals surface area contributed by atoms with Gasteiger partial charge in [0.25, 0.3) is 0 Å². The first-order valence-electron chi connectivity index (χ1n) is 4.16. The van der Waals surface area contributed by atoms with Crippen molar-refractivity contribution in [1.82, 2.24) is 0 Å². The fourth-order valence-corrected chi connectivity index (χ4v) is 4.22. The molecule has 2 atom stereocenters. The maximum absolute atomic E-state index is 5.50. The van der Waals surface area contributed by atoms with Gasteiger partial charge in [-0.15, -0.1) is 0 Å². The molecule has 0 aliphatic carbocycles. The number of ether oxygens (including phenoxy) is 1. The molecule has 0 aromatic heterocycles. The Labute approximate surface area is 65.5 Å². The molecule has 3 saturated heterocycles. The van der Waals surface area contributed by atoms with Crippen molar-refractivity contribution in [3.8, 4) is 0 Å². The van der Waals surface area contributed by atoms with E-state index in [2.05, 4.69) is 11.8 Å². The predicted molar refractivity (Wildman–Crippen MR) is 42.3 cm³/mol. The van der Waals surface area contributed by atoms with Gasteiger partial charge < -0.3 is 4.74 Å². The molecule has 0 aromatic carbocycles. The summed E-state index contributed by atoms with van der Waals surface area (Å²) in [6.07, 6.45) is 5.63. The minimum absolute atomic E-state index is 0.414. The molecule has 1 spiro atoms. The Balaban J connectivity index is 1.84. The van der Waals surface area contributed by atoms with Crippen LogP contribution >= 0.6 is 11.8 Å². The van der Waals surface area contributed by atoms with E-state index in [0.717, 1.165) is 17.1 Å². The first-order valence-corrected chi connectivity index (χ1v) is 5.10. The monoisotopic (exact) mass is 156 g/mol. The lowest BCUT2D eigenvalue weighted by molar-refractivity contribution is 0.275. The third kappa shape index (κ3) is 0.751. The Kier molecular flexibility index (Phi) is 1.02. The van der Waals surface area contributed by atoms with E-state index in [1.165, 1.54) is 25.7 Å². The van der Waals surface area contributed by atoms with Crippen LogP contribution in [0.1, 0.15) is 25.7 Å². The predicted octanol–water partition coefficient (Wildman–Crippen LogP) is 1.81. The molecule has 3 aliphatic rings. The van der Waals surface area contributed by atoms with Gasteiger partial charge >= 0.3 is 0 Å². The molecule has 56 valence electrons. The molecule has 2 bridgehead atoms. The summed E-state index contributed by atoms with van der Waals surface area (Å²) >= 11 is 2.21. The lowest BCUT2D eigenvalue weighted by atomic mass is 10.0. The Morgan fingerprint density at radius 3 is 2.30 bits per heavy atom. The maximum Gasteiger partial charge on any atom is 0.0937 e. The first kappa shape index (κ1) is 5.90. The molecular weight excluding hydrogens is 144 g/mol. The van der Waals surface area contributed by atoms with Crippen LogP contribution in [0.4, 0.5) is 0 Å². The van der Waals surface area contributed by atoms with Gasteiger partial charge in [-0.25, -0.2) is 0 Å². The van der Waals surface area contributed by atoms with Gasteiger partial charge in [0.15, 0.2) is 0 Å². The number of rotatable bonds is 0. The summed E-state index contributed by atoms with van der Waals surface area (Å²) in [5.74, 6) is 0. The van der Waals surface area contributed by atoms with Crippen molar-refractivity contribution in [3.05, 3.63) is 0 Å². The third-order valence-corrected chi connectivity index (χ3v) is 4.52. The topological polar surface area (TPSA) is 12.5 Å². The van der Waals surface area contributed by atoms with Crippen molar-refractivity contribution >= 4 is 11.8 Å². The normalized spacial score (nSPS) is 57.6.